The molecular weight excluding hydrogens is 333 g/mol. The summed E-state index contributed by atoms with van der Waals surface area (Å²) in [6, 6.07) is 0.963. The summed E-state index contributed by atoms with van der Waals surface area (Å²) in [6.07, 6.45) is -0.570. The summed E-state index contributed by atoms with van der Waals surface area (Å²) >= 11 is 11.4. The second-order valence-electron chi connectivity index (χ2n) is 3.84. The lowest BCUT2D eigenvalue weighted by atomic mass is 10.2. The van der Waals surface area contributed by atoms with Crippen LogP contribution in [-0.2, 0) is 9.59 Å². The molecule has 1 amide bonds. The lowest BCUT2D eigenvalue weighted by Crippen LogP contribution is -2.37. The Hall–Kier alpha value is -1.64. The fourth-order valence-electron chi connectivity index (χ4n) is 1.35. The van der Waals surface area contributed by atoms with Gasteiger partial charge < -0.3 is 20.9 Å². The number of benzene rings is 1. The molecule has 0 saturated heterocycles. The molecule has 0 spiro atoms. The molecule has 10 heteroatoms. The monoisotopic (exact) mass is 342 g/mol. The van der Waals surface area contributed by atoms with Crippen molar-refractivity contribution < 1.29 is 28.2 Å². The highest BCUT2D eigenvalue weighted by Gasteiger charge is 2.19. The summed E-state index contributed by atoms with van der Waals surface area (Å²) in [5, 5.41) is 10.3. The van der Waals surface area contributed by atoms with E-state index < -0.39 is 36.7 Å². The van der Waals surface area contributed by atoms with E-state index in [1.807, 2.05) is 0 Å². The highest BCUT2D eigenvalue weighted by Crippen LogP contribution is 2.36. The quantitative estimate of drug-likeness (QED) is 0.736. The standard InChI is InChI=1S/C11H10Cl2F2N2O4/c12-5-1-4(2-6(13)9(5)21-11(14)15)17-10(20)7(16)3-8(18)19/h1-2,7,11H,3,16H2,(H,17,20)(H,18,19). The van der Waals surface area contributed by atoms with Crippen LogP contribution in [0.3, 0.4) is 0 Å². The highest BCUT2D eigenvalue weighted by atomic mass is 35.5. The van der Waals surface area contributed by atoms with E-state index in [4.69, 9.17) is 34.0 Å². The second kappa shape index (κ2) is 7.39. The lowest BCUT2D eigenvalue weighted by Gasteiger charge is -2.13. The second-order valence-corrected chi connectivity index (χ2v) is 4.66. The first-order valence-electron chi connectivity index (χ1n) is 5.42. The van der Waals surface area contributed by atoms with Crippen LogP contribution in [0.5, 0.6) is 5.75 Å². The van der Waals surface area contributed by atoms with Crippen molar-refractivity contribution in [3.05, 3.63) is 22.2 Å². The molecule has 1 atom stereocenters. The Morgan fingerprint density at radius 1 is 1.33 bits per heavy atom. The van der Waals surface area contributed by atoms with Crippen LogP contribution in [-0.4, -0.2) is 29.6 Å². The summed E-state index contributed by atoms with van der Waals surface area (Å²) in [5.74, 6) is -2.46. The fourth-order valence-corrected chi connectivity index (χ4v) is 1.93. The summed E-state index contributed by atoms with van der Waals surface area (Å²) in [4.78, 5) is 22.0. The van der Waals surface area contributed by atoms with Crippen LogP contribution in [0.2, 0.25) is 10.0 Å². The van der Waals surface area contributed by atoms with E-state index in [1.165, 1.54) is 0 Å². The predicted molar refractivity (Wildman–Crippen MR) is 72.0 cm³/mol. The van der Waals surface area contributed by atoms with Crippen LogP contribution in [0.4, 0.5) is 14.5 Å². The summed E-state index contributed by atoms with van der Waals surface area (Å²) in [6.45, 7) is -3.11. The van der Waals surface area contributed by atoms with Crippen molar-refractivity contribution in [2.45, 2.75) is 19.1 Å². The molecule has 21 heavy (non-hydrogen) atoms. The van der Waals surface area contributed by atoms with Crippen molar-refractivity contribution in [1.82, 2.24) is 0 Å². The van der Waals surface area contributed by atoms with Gasteiger partial charge in [-0.1, -0.05) is 23.2 Å². The first kappa shape index (κ1) is 17.4. The topological polar surface area (TPSA) is 102 Å². The molecule has 6 nitrogen and oxygen atoms in total. The van der Waals surface area contributed by atoms with E-state index in [0.717, 1.165) is 12.1 Å². The number of aliphatic carboxylic acids is 1. The fraction of sp³-hybridized carbons (Fsp3) is 0.273. The molecule has 0 bridgehead atoms. The van der Waals surface area contributed by atoms with Crippen molar-refractivity contribution in [1.29, 1.82) is 0 Å². The van der Waals surface area contributed by atoms with Gasteiger partial charge in [-0.05, 0) is 12.1 Å². The van der Waals surface area contributed by atoms with E-state index in [0.29, 0.717) is 0 Å². The number of hydrogen-bond donors (Lipinski definition) is 3. The molecule has 0 aliphatic heterocycles. The van der Waals surface area contributed by atoms with E-state index in [2.05, 4.69) is 10.1 Å². The number of carboxylic acid groups (broad SMARTS) is 1. The summed E-state index contributed by atoms with van der Waals surface area (Å²) < 4.78 is 28.4. The minimum absolute atomic E-state index is 0.0671. The molecule has 0 aromatic heterocycles. The highest BCUT2D eigenvalue weighted by molar-refractivity contribution is 6.37. The van der Waals surface area contributed by atoms with Crippen LogP contribution >= 0.6 is 23.2 Å². The Morgan fingerprint density at radius 2 is 1.86 bits per heavy atom. The number of carbonyl (C=O) groups excluding carboxylic acids is 1. The first-order valence-corrected chi connectivity index (χ1v) is 6.18. The van der Waals surface area contributed by atoms with Crippen LogP contribution in [0.25, 0.3) is 0 Å². The first-order chi connectivity index (χ1) is 9.70. The van der Waals surface area contributed by atoms with Gasteiger partial charge in [-0.3, -0.25) is 9.59 Å². The molecule has 0 aliphatic rings. The molecule has 0 fully saturated rings. The van der Waals surface area contributed by atoms with Gasteiger partial charge in [-0.15, -0.1) is 0 Å². The number of halogens is 4. The molecule has 116 valence electrons. The number of anilines is 1. The molecular formula is C11H10Cl2F2N2O4. The van der Waals surface area contributed by atoms with Gasteiger partial charge in [0, 0.05) is 5.69 Å². The number of carbonyl (C=O) groups is 2. The largest absolute Gasteiger partial charge is 0.481 e. The number of nitrogens with one attached hydrogen (secondary N) is 1. The number of alkyl halides is 2. The molecule has 0 radical (unpaired) electrons. The maximum absolute atomic E-state index is 12.1. The van der Waals surface area contributed by atoms with E-state index in [1.54, 1.807) is 0 Å². The summed E-state index contributed by atoms with van der Waals surface area (Å²) in [5.41, 5.74) is 5.42. The zero-order valence-corrected chi connectivity index (χ0v) is 11.8. The van der Waals surface area contributed by atoms with Gasteiger partial charge in [-0.25, -0.2) is 0 Å². The molecule has 1 aromatic rings. The predicted octanol–water partition coefficient (Wildman–Crippen LogP) is 2.34. The van der Waals surface area contributed by atoms with Crippen LogP contribution in [0, 0.1) is 0 Å². The van der Waals surface area contributed by atoms with Crippen LogP contribution in [0.1, 0.15) is 6.42 Å². The molecule has 0 saturated carbocycles. The van der Waals surface area contributed by atoms with Gasteiger partial charge in [-0.2, -0.15) is 8.78 Å². The minimum Gasteiger partial charge on any atom is -0.481 e. The van der Waals surface area contributed by atoms with E-state index >= 15 is 0 Å². The van der Waals surface area contributed by atoms with E-state index in [9.17, 15) is 18.4 Å². The number of carboxylic acids is 1. The SMILES string of the molecule is NC(CC(=O)O)C(=O)Nc1cc(Cl)c(OC(F)F)c(Cl)c1. The Morgan fingerprint density at radius 3 is 2.29 bits per heavy atom. The Bertz CT molecular complexity index is 534. The molecule has 1 aromatic carbocycles. The molecule has 0 aliphatic carbocycles. The van der Waals surface area contributed by atoms with Crippen molar-refractivity contribution >= 4 is 40.8 Å². The van der Waals surface area contributed by atoms with Crippen molar-refractivity contribution in [2.24, 2.45) is 5.73 Å². The van der Waals surface area contributed by atoms with Gasteiger partial charge in [0.1, 0.15) is 0 Å². The zero-order chi connectivity index (χ0) is 16.2. The van der Waals surface area contributed by atoms with Crippen LogP contribution in [0.15, 0.2) is 12.1 Å². The summed E-state index contributed by atoms with van der Waals surface area (Å²) in [7, 11) is 0. The van der Waals surface area contributed by atoms with Gasteiger partial charge in [0.05, 0.1) is 22.5 Å². The third kappa shape index (κ3) is 5.33. The maximum Gasteiger partial charge on any atom is 0.387 e. The van der Waals surface area contributed by atoms with E-state index in [-0.39, 0.29) is 15.7 Å². The van der Waals surface area contributed by atoms with Crippen molar-refractivity contribution in [2.75, 3.05) is 5.32 Å². The number of nitrogens with two attached hydrogens (primary N) is 1. The third-order valence-electron chi connectivity index (χ3n) is 2.20. The number of rotatable bonds is 6. The number of amides is 1. The van der Waals surface area contributed by atoms with Crippen molar-refractivity contribution in [3.8, 4) is 5.75 Å². The molecule has 1 unspecified atom stereocenters. The molecule has 0 heterocycles. The van der Waals surface area contributed by atoms with Gasteiger partial charge >= 0.3 is 12.6 Å². The maximum atomic E-state index is 12.1. The van der Waals surface area contributed by atoms with Crippen LogP contribution < -0.4 is 15.8 Å². The van der Waals surface area contributed by atoms with Gasteiger partial charge in [0.15, 0.2) is 5.75 Å². The Balaban J connectivity index is 2.86. The molecule has 4 N–H and O–H groups in total. The van der Waals surface area contributed by atoms with Gasteiger partial charge in [0.25, 0.3) is 0 Å². The normalized spacial score (nSPS) is 12.1. The van der Waals surface area contributed by atoms with Crippen molar-refractivity contribution in [3.63, 3.8) is 0 Å². The zero-order valence-electron chi connectivity index (χ0n) is 10.3. The Kier molecular flexibility index (Phi) is 6.13. The molecule has 1 rings (SSSR count). The van der Waals surface area contributed by atoms with Gasteiger partial charge in [0.2, 0.25) is 5.91 Å². The minimum atomic E-state index is -3.11. The smallest absolute Gasteiger partial charge is 0.387 e. The number of ether oxygens (including phenoxy) is 1. The average molecular weight is 343 g/mol. The Labute approximate surface area is 127 Å². The lowest BCUT2D eigenvalue weighted by molar-refractivity contribution is -0.138. The average Bonchev–Trinajstić information content (AvgIpc) is 2.32. The third-order valence-corrected chi connectivity index (χ3v) is 2.77. The number of hydrogen-bond acceptors (Lipinski definition) is 4.